The van der Waals surface area contributed by atoms with Gasteiger partial charge < -0.3 is 11.1 Å². The molecule has 0 saturated heterocycles. The second-order valence-corrected chi connectivity index (χ2v) is 6.80. The maximum atomic E-state index is 12.4. The molecular weight excluding hydrogens is 248 g/mol. The second kappa shape index (κ2) is 4.32. The molecule has 2 unspecified atom stereocenters. The Morgan fingerprint density at radius 2 is 1.60 bits per heavy atom. The lowest BCUT2D eigenvalue weighted by atomic mass is 9.78. The van der Waals surface area contributed by atoms with Crippen molar-refractivity contribution in [1.29, 1.82) is 0 Å². The number of fused-ring (bicyclic) bond motifs is 3. The van der Waals surface area contributed by atoms with Crippen molar-refractivity contribution in [3.05, 3.63) is 35.4 Å². The van der Waals surface area contributed by atoms with Gasteiger partial charge in [-0.1, -0.05) is 24.3 Å². The van der Waals surface area contributed by atoms with Crippen molar-refractivity contribution in [2.45, 2.75) is 50.1 Å². The Balaban J connectivity index is 1.76. The predicted octanol–water partition coefficient (Wildman–Crippen LogP) is 1.79. The molecule has 0 heterocycles. The Labute approximate surface area is 119 Å². The molecule has 3 N–H and O–H groups in total. The number of carbonyl (C=O) groups excluding carboxylic acids is 1. The van der Waals surface area contributed by atoms with Crippen molar-refractivity contribution in [2.75, 3.05) is 0 Å². The van der Waals surface area contributed by atoms with E-state index in [1.807, 2.05) is 0 Å². The van der Waals surface area contributed by atoms with Crippen LogP contribution in [0.15, 0.2) is 24.3 Å². The van der Waals surface area contributed by atoms with Crippen LogP contribution in [-0.4, -0.2) is 17.5 Å². The zero-order chi connectivity index (χ0) is 13.7. The zero-order valence-corrected chi connectivity index (χ0v) is 11.8. The van der Waals surface area contributed by atoms with Crippen LogP contribution in [0.2, 0.25) is 0 Å². The molecule has 1 amide bonds. The highest BCUT2D eigenvalue weighted by atomic mass is 16.1. The van der Waals surface area contributed by atoms with E-state index < -0.39 is 5.54 Å². The summed E-state index contributed by atoms with van der Waals surface area (Å²) in [5, 5.41) is 3.67. The van der Waals surface area contributed by atoms with Crippen LogP contribution in [0.4, 0.5) is 0 Å². The fraction of sp³-hybridized carbons (Fsp3) is 0.588. The van der Waals surface area contributed by atoms with E-state index in [9.17, 15) is 4.79 Å². The lowest BCUT2D eigenvalue weighted by Crippen LogP contribution is -2.62. The molecule has 20 heavy (non-hydrogen) atoms. The van der Waals surface area contributed by atoms with E-state index in [-0.39, 0.29) is 5.91 Å². The maximum Gasteiger partial charge on any atom is 0.238 e. The van der Waals surface area contributed by atoms with E-state index in [1.165, 1.54) is 24.0 Å². The Morgan fingerprint density at radius 3 is 2.05 bits per heavy atom. The SMILES string of the molecule is NC(=O)C1(NC2CC2)C2CCC1Cc1ccccc1C2. The summed E-state index contributed by atoms with van der Waals surface area (Å²) in [6.07, 6.45) is 6.64. The number of hydrogen-bond acceptors (Lipinski definition) is 2. The van der Waals surface area contributed by atoms with E-state index >= 15 is 0 Å². The van der Waals surface area contributed by atoms with Crippen molar-refractivity contribution >= 4 is 5.91 Å². The first-order chi connectivity index (χ1) is 9.70. The molecule has 0 aliphatic heterocycles. The fourth-order valence-corrected chi connectivity index (χ4v) is 4.48. The summed E-state index contributed by atoms with van der Waals surface area (Å²) < 4.78 is 0. The summed E-state index contributed by atoms with van der Waals surface area (Å²) in [6, 6.07) is 9.18. The number of benzene rings is 1. The minimum Gasteiger partial charge on any atom is -0.368 e. The summed E-state index contributed by atoms with van der Waals surface area (Å²) >= 11 is 0. The van der Waals surface area contributed by atoms with Gasteiger partial charge in [-0.25, -0.2) is 0 Å². The third kappa shape index (κ3) is 1.72. The molecule has 3 nitrogen and oxygen atoms in total. The van der Waals surface area contributed by atoms with Crippen LogP contribution in [0, 0.1) is 11.8 Å². The smallest absolute Gasteiger partial charge is 0.238 e. The van der Waals surface area contributed by atoms with Gasteiger partial charge in [-0.2, -0.15) is 0 Å². The maximum absolute atomic E-state index is 12.4. The number of carbonyl (C=O) groups is 1. The molecule has 2 fully saturated rings. The van der Waals surface area contributed by atoms with Gasteiger partial charge in [0, 0.05) is 6.04 Å². The Morgan fingerprint density at radius 1 is 1.05 bits per heavy atom. The van der Waals surface area contributed by atoms with Gasteiger partial charge >= 0.3 is 0 Å². The normalized spacial score (nSPS) is 35.4. The van der Waals surface area contributed by atoms with E-state index in [2.05, 4.69) is 29.6 Å². The van der Waals surface area contributed by atoms with E-state index in [4.69, 9.17) is 5.73 Å². The average molecular weight is 270 g/mol. The van der Waals surface area contributed by atoms with Crippen LogP contribution >= 0.6 is 0 Å². The molecule has 3 aliphatic carbocycles. The summed E-state index contributed by atoms with van der Waals surface area (Å²) in [4.78, 5) is 12.4. The number of nitrogens with two attached hydrogens (primary N) is 1. The lowest BCUT2D eigenvalue weighted by molar-refractivity contribution is -0.127. The Bertz CT molecular complexity index is 517. The van der Waals surface area contributed by atoms with Crippen molar-refractivity contribution in [1.82, 2.24) is 5.32 Å². The van der Waals surface area contributed by atoms with Crippen molar-refractivity contribution in [3.8, 4) is 0 Å². The van der Waals surface area contributed by atoms with Gasteiger partial charge in [-0.3, -0.25) is 4.79 Å². The average Bonchev–Trinajstić information content (AvgIpc) is 3.16. The van der Waals surface area contributed by atoms with Crippen molar-refractivity contribution in [2.24, 2.45) is 17.6 Å². The van der Waals surface area contributed by atoms with Gasteiger partial charge in [0.25, 0.3) is 0 Å². The predicted molar refractivity (Wildman–Crippen MR) is 78.1 cm³/mol. The third-order valence-electron chi connectivity index (χ3n) is 5.63. The molecule has 1 aromatic rings. The van der Waals surface area contributed by atoms with Crippen LogP contribution in [0.3, 0.4) is 0 Å². The molecule has 0 aromatic heterocycles. The summed E-state index contributed by atoms with van der Waals surface area (Å²) in [5.41, 5.74) is 8.28. The number of amides is 1. The van der Waals surface area contributed by atoms with E-state index in [1.54, 1.807) is 0 Å². The molecule has 4 rings (SSSR count). The molecule has 2 saturated carbocycles. The van der Waals surface area contributed by atoms with Gasteiger partial charge in [0.15, 0.2) is 0 Å². The van der Waals surface area contributed by atoms with Gasteiger partial charge in [0.1, 0.15) is 5.54 Å². The first kappa shape index (κ1) is 12.4. The third-order valence-corrected chi connectivity index (χ3v) is 5.63. The van der Waals surface area contributed by atoms with Gasteiger partial charge in [-0.15, -0.1) is 0 Å². The van der Waals surface area contributed by atoms with Crippen LogP contribution in [0.25, 0.3) is 0 Å². The highest BCUT2D eigenvalue weighted by molar-refractivity contribution is 5.86. The molecule has 1 aromatic carbocycles. The lowest BCUT2D eigenvalue weighted by Gasteiger charge is -2.37. The molecule has 2 bridgehead atoms. The number of nitrogens with one attached hydrogen (secondary N) is 1. The van der Waals surface area contributed by atoms with Crippen molar-refractivity contribution in [3.63, 3.8) is 0 Å². The molecule has 3 heteroatoms. The summed E-state index contributed by atoms with van der Waals surface area (Å²) in [5.74, 6) is 0.619. The second-order valence-electron chi connectivity index (χ2n) is 6.80. The van der Waals surface area contributed by atoms with Crippen LogP contribution in [-0.2, 0) is 17.6 Å². The van der Waals surface area contributed by atoms with Gasteiger partial charge in [-0.05, 0) is 61.5 Å². The van der Waals surface area contributed by atoms with Crippen LogP contribution < -0.4 is 11.1 Å². The molecule has 0 radical (unpaired) electrons. The topological polar surface area (TPSA) is 55.1 Å². The van der Waals surface area contributed by atoms with Gasteiger partial charge in [0.2, 0.25) is 5.91 Å². The monoisotopic (exact) mass is 270 g/mol. The number of rotatable bonds is 3. The highest BCUT2D eigenvalue weighted by Gasteiger charge is 2.56. The number of hydrogen-bond donors (Lipinski definition) is 2. The van der Waals surface area contributed by atoms with Crippen molar-refractivity contribution < 1.29 is 4.79 Å². The standard InChI is InChI=1S/C17H22N2O/c18-16(20)17(19-15-7-8-15)13-5-6-14(17)10-12-4-2-1-3-11(12)9-13/h1-4,13-15,19H,5-10H2,(H2,18,20). The first-order valence-electron chi connectivity index (χ1n) is 7.84. The molecule has 106 valence electrons. The minimum atomic E-state index is -0.458. The van der Waals surface area contributed by atoms with Gasteiger partial charge in [0.05, 0.1) is 0 Å². The molecule has 0 spiro atoms. The zero-order valence-electron chi connectivity index (χ0n) is 11.8. The Kier molecular flexibility index (Phi) is 2.68. The molecule has 3 aliphatic rings. The Hall–Kier alpha value is -1.35. The van der Waals surface area contributed by atoms with Crippen LogP contribution in [0.5, 0.6) is 0 Å². The summed E-state index contributed by atoms with van der Waals surface area (Å²) in [7, 11) is 0. The fourth-order valence-electron chi connectivity index (χ4n) is 4.48. The largest absolute Gasteiger partial charge is 0.368 e. The first-order valence-corrected chi connectivity index (χ1v) is 7.84. The molecular formula is C17H22N2O. The molecule has 2 atom stereocenters. The summed E-state index contributed by atoms with van der Waals surface area (Å²) in [6.45, 7) is 0. The minimum absolute atomic E-state index is 0.121. The quantitative estimate of drug-likeness (QED) is 0.880. The highest BCUT2D eigenvalue weighted by Crippen LogP contribution is 2.48. The van der Waals surface area contributed by atoms with E-state index in [0.717, 1.165) is 25.7 Å². The van der Waals surface area contributed by atoms with Crippen LogP contribution in [0.1, 0.15) is 36.8 Å². The van der Waals surface area contributed by atoms with E-state index in [0.29, 0.717) is 17.9 Å². The number of primary amides is 1.